The number of amides is 2. The number of morpholine rings is 1. The second kappa shape index (κ2) is 8.46. The van der Waals surface area contributed by atoms with Gasteiger partial charge in [0.15, 0.2) is 0 Å². The van der Waals surface area contributed by atoms with E-state index in [0.717, 1.165) is 6.42 Å². The highest BCUT2D eigenvalue weighted by atomic mass is 16.5. The molecular weight excluding hydrogens is 280 g/mol. The maximum Gasteiger partial charge on any atom is 0.326 e. The van der Waals surface area contributed by atoms with Crippen molar-refractivity contribution in [2.45, 2.75) is 38.3 Å². The van der Waals surface area contributed by atoms with E-state index in [4.69, 9.17) is 9.84 Å². The SMILES string of the molecule is CCC1COCCN1C(=O)N[C@H](CCC(=O)OC)C(=O)O. The van der Waals surface area contributed by atoms with Crippen LogP contribution in [0.5, 0.6) is 0 Å². The van der Waals surface area contributed by atoms with E-state index < -0.39 is 24.0 Å². The number of aliphatic carboxylic acids is 1. The Hall–Kier alpha value is -1.83. The Kier molecular flexibility index (Phi) is 6.93. The molecule has 0 aliphatic carbocycles. The molecule has 1 aliphatic heterocycles. The molecule has 8 heteroatoms. The van der Waals surface area contributed by atoms with E-state index >= 15 is 0 Å². The summed E-state index contributed by atoms with van der Waals surface area (Å²) in [6.45, 7) is 3.24. The molecule has 1 aliphatic rings. The van der Waals surface area contributed by atoms with Gasteiger partial charge in [0.25, 0.3) is 0 Å². The van der Waals surface area contributed by atoms with Gasteiger partial charge in [0.2, 0.25) is 0 Å². The topological polar surface area (TPSA) is 105 Å². The number of rotatable bonds is 6. The Bertz CT molecular complexity index is 387. The zero-order valence-electron chi connectivity index (χ0n) is 12.3. The molecule has 0 aromatic heterocycles. The third kappa shape index (κ3) is 5.22. The van der Waals surface area contributed by atoms with Crippen molar-refractivity contribution in [2.24, 2.45) is 0 Å². The number of nitrogens with zero attached hydrogens (tertiary/aromatic N) is 1. The lowest BCUT2D eigenvalue weighted by Crippen LogP contribution is -2.55. The van der Waals surface area contributed by atoms with Gasteiger partial charge in [-0.15, -0.1) is 0 Å². The lowest BCUT2D eigenvalue weighted by molar-refractivity contribution is -0.142. The quantitative estimate of drug-likeness (QED) is 0.680. The molecule has 0 spiro atoms. The van der Waals surface area contributed by atoms with Crippen molar-refractivity contribution >= 4 is 18.0 Å². The van der Waals surface area contributed by atoms with Crippen LogP contribution in [0.3, 0.4) is 0 Å². The number of carbonyl (C=O) groups excluding carboxylic acids is 2. The number of carboxylic acids is 1. The monoisotopic (exact) mass is 302 g/mol. The number of hydrogen-bond donors (Lipinski definition) is 2. The third-order valence-electron chi connectivity index (χ3n) is 3.42. The normalized spacial score (nSPS) is 19.7. The number of nitrogens with one attached hydrogen (secondary N) is 1. The summed E-state index contributed by atoms with van der Waals surface area (Å²) < 4.78 is 9.76. The van der Waals surface area contributed by atoms with Crippen molar-refractivity contribution in [3.05, 3.63) is 0 Å². The molecule has 0 bridgehead atoms. The van der Waals surface area contributed by atoms with E-state index in [1.807, 2.05) is 6.92 Å². The Labute approximate surface area is 123 Å². The summed E-state index contributed by atoms with van der Waals surface area (Å²) in [5.41, 5.74) is 0. The minimum Gasteiger partial charge on any atom is -0.480 e. The standard InChI is InChI=1S/C13H22N2O6/c1-3-9-8-21-7-6-15(9)13(19)14-10(12(17)18)4-5-11(16)20-2/h9-10H,3-8H2,1-2H3,(H,14,19)(H,17,18)/t9?,10-/m1/s1. The highest BCUT2D eigenvalue weighted by Gasteiger charge is 2.29. The molecule has 0 saturated carbocycles. The molecule has 2 atom stereocenters. The Morgan fingerprint density at radius 3 is 2.76 bits per heavy atom. The number of carbonyl (C=O) groups is 3. The van der Waals surface area contributed by atoms with Gasteiger partial charge >= 0.3 is 18.0 Å². The van der Waals surface area contributed by atoms with Gasteiger partial charge in [0, 0.05) is 13.0 Å². The average molecular weight is 302 g/mol. The maximum absolute atomic E-state index is 12.2. The van der Waals surface area contributed by atoms with Crippen LogP contribution in [0.15, 0.2) is 0 Å². The molecule has 1 fully saturated rings. The van der Waals surface area contributed by atoms with Gasteiger partial charge in [-0.3, -0.25) is 4.79 Å². The first-order valence-electron chi connectivity index (χ1n) is 6.94. The van der Waals surface area contributed by atoms with Gasteiger partial charge in [0.05, 0.1) is 26.4 Å². The predicted octanol–water partition coefficient (Wildman–Crippen LogP) is 0.213. The summed E-state index contributed by atoms with van der Waals surface area (Å²) in [6, 6.07) is -1.62. The molecule has 1 unspecified atom stereocenters. The lowest BCUT2D eigenvalue weighted by atomic mass is 10.1. The van der Waals surface area contributed by atoms with Gasteiger partial charge < -0.3 is 24.8 Å². The van der Waals surface area contributed by atoms with Crippen LogP contribution in [-0.4, -0.2) is 66.9 Å². The summed E-state index contributed by atoms with van der Waals surface area (Å²) in [5, 5.41) is 11.6. The smallest absolute Gasteiger partial charge is 0.326 e. The number of methoxy groups -OCH3 is 1. The molecule has 8 nitrogen and oxygen atoms in total. The fourth-order valence-corrected chi connectivity index (χ4v) is 2.11. The molecule has 1 saturated heterocycles. The number of ether oxygens (including phenoxy) is 2. The van der Waals surface area contributed by atoms with Crippen LogP contribution in [-0.2, 0) is 19.1 Å². The van der Waals surface area contributed by atoms with E-state index in [0.29, 0.717) is 19.8 Å². The van der Waals surface area contributed by atoms with Crippen molar-refractivity contribution in [3.63, 3.8) is 0 Å². The number of hydrogen-bond acceptors (Lipinski definition) is 5. The zero-order valence-corrected chi connectivity index (χ0v) is 12.3. The summed E-state index contributed by atoms with van der Waals surface area (Å²) in [4.78, 5) is 36.0. The van der Waals surface area contributed by atoms with Gasteiger partial charge in [-0.1, -0.05) is 6.92 Å². The second-order valence-corrected chi connectivity index (χ2v) is 4.79. The summed E-state index contributed by atoms with van der Waals surface area (Å²) in [5.74, 6) is -1.68. The van der Waals surface area contributed by atoms with E-state index in [9.17, 15) is 14.4 Å². The minimum atomic E-state index is -1.17. The number of urea groups is 1. The average Bonchev–Trinajstić information content (AvgIpc) is 2.50. The summed E-state index contributed by atoms with van der Waals surface area (Å²) in [7, 11) is 1.23. The second-order valence-electron chi connectivity index (χ2n) is 4.79. The summed E-state index contributed by atoms with van der Waals surface area (Å²) in [6.07, 6.45) is 0.663. The van der Waals surface area contributed by atoms with Crippen LogP contribution in [0.4, 0.5) is 4.79 Å². The fraction of sp³-hybridized carbons (Fsp3) is 0.769. The molecule has 0 radical (unpaired) electrons. The Morgan fingerprint density at radius 1 is 1.48 bits per heavy atom. The molecule has 0 aromatic carbocycles. The Morgan fingerprint density at radius 2 is 2.19 bits per heavy atom. The van der Waals surface area contributed by atoms with Gasteiger partial charge in [0.1, 0.15) is 6.04 Å². The first-order chi connectivity index (χ1) is 9.99. The molecule has 1 rings (SSSR count). The van der Waals surface area contributed by atoms with E-state index in [1.54, 1.807) is 4.90 Å². The van der Waals surface area contributed by atoms with Crippen LogP contribution < -0.4 is 5.32 Å². The molecule has 120 valence electrons. The summed E-state index contributed by atoms with van der Waals surface area (Å²) >= 11 is 0. The van der Waals surface area contributed by atoms with E-state index in [-0.39, 0.29) is 18.9 Å². The van der Waals surface area contributed by atoms with Crippen LogP contribution in [0, 0.1) is 0 Å². The van der Waals surface area contributed by atoms with Gasteiger partial charge in [-0.2, -0.15) is 0 Å². The highest BCUT2D eigenvalue weighted by Crippen LogP contribution is 2.11. The van der Waals surface area contributed by atoms with Crippen molar-refractivity contribution in [1.82, 2.24) is 10.2 Å². The molecule has 2 amide bonds. The predicted molar refractivity (Wildman–Crippen MR) is 72.8 cm³/mol. The van der Waals surface area contributed by atoms with Gasteiger partial charge in [-0.05, 0) is 12.8 Å². The van der Waals surface area contributed by atoms with Crippen LogP contribution in [0.2, 0.25) is 0 Å². The van der Waals surface area contributed by atoms with Gasteiger partial charge in [-0.25, -0.2) is 9.59 Å². The first-order valence-corrected chi connectivity index (χ1v) is 6.94. The van der Waals surface area contributed by atoms with Crippen LogP contribution in [0.1, 0.15) is 26.2 Å². The van der Waals surface area contributed by atoms with Crippen molar-refractivity contribution in [3.8, 4) is 0 Å². The lowest BCUT2D eigenvalue weighted by Gasteiger charge is -2.35. The maximum atomic E-state index is 12.2. The van der Waals surface area contributed by atoms with Crippen molar-refractivity contribution < 1.29 is 29.0 Å². The highest BCUT2D eigenvalue weighted by molar-refractivity contribution is 5.83. The molecule has 2 N–H and O–H groups in total. The third-order valence-corrected chi connectivity index (χ3v) is 3.42. The van der Waals surface area contributed by atoms with E-state index in [2.05, 4.69) is 10.1 Å². The Balaban J connectivity index is 2.58. The fourth-order valence-electron chi connectivity index (χ4n) is 2.11. The van der Waals surface area contributed by atoms with Crippen LogP contribution in [0.25, 0.3) is 0 Å². The number of esters is 1. The number of carboxylic acid groups (broad SMARTS) is 1. The van der Waals surface area contributed by atoms with E-state index in [1.165, 1.54) is 7.11 Å². The minimum absolute atomic E-state index is 0.00508. The molecule has 1 heterocycles. The largest absolute Gasteiger partial charge is 0.480 e. The molecule has 0 aromatic rings. The van der Waals surface area contributed by atoms with Crippen molar-refractivity contribution in [2.75, 3.05) is 26.9 Å². The molecular formula is C13H22N2O6. The van der Waals surface area contributed by atoms with Crippen molar-refractivity contribution in [1.29, 1.82) is 0 Å². The zero-order chi connectivity index (χ0) is 15.8. The molecule has 21 heavy (non-hydrogen) atoms. The van der Waals surface area contributed by atoms with Crippen LogP contribution >= 0.6 is 0 Å². The first kappa shape index (κ1) is 17.2.